The number of carbonyl (C=O) groups excluding carboxylic acids is 1. The summed E-state index contributed by atoms with van der Waals surface area (Å²) in [6.07, 6.45) is -5.55. The zero-order chi connectivity index (χ0) is 25.2. The van der Waals surface area contributed by atoms with Gasteiger partial charge in [0.2, 0.25) is 5.84 Å². The predicted molar refractivity (Wildman–Crippen MR) is 123 cm³/mol. The van der Waals surface area contributed by atoms with Crippen LogP contribution in [0.2, 0.25) is 5.02 Å². The smallest absolute Gasteiger partial charge is 0.449 e. The van der Waals surface area contributed by atoms with Gasteiger partial charge in [0.1, 0.15) is 5.84 Å². The average molecular weight is 518 g/mol. The van der Waals surface area contributed by atoms with Gasteiger partial charge < -0.3 is 9.47 Å². The molecule has 0 saturated carbocycles. The maximum Gasteiger partial charge on any atom is 0.449 e. The van der Waals surface area contributed by atoms with Crippen LogP contribution in [0.5, 0.6) is 5.75 Å². The Balaban J connectivity index is 2.26. The lowest BCUT2D eigenvalue weighted by molar-refractivity contribution is -0.142. The molecule has 0 aromatic heterocycles. The highest BCUT2D eigenvalue weighted by atomic mass is 35.5. The number of thioether (sulfide) groups is 1. The summed E-state index contributed by atoms with van der Waals surface area (Å²) in [5.41, 5.74) is 0.0486. The molecule has 0 saturated heterocycles. The number of benzene rings is 2. The molecule has 2 aromatic carbocycles. The van der Waals surface area contributed by atoms with Crippen LogP contribution < -0.4 is 9.64 Å². The van der Waals surface area contributed by atoms with Crippen molar-refractivity contribution in [3.05, 3.63) is 58.4 Å². The highest BCUT2D eigenvalue weighted by Crippen LogP contribution is 2.49. The molecule has 1 aliphatic rings. The van der Waals surface area contributed by atoms with Crippen LogP contribution in [0.4, 0.5) is 23.2 Å². The molecule has 0 spiro atoms. The second-order valence-electron chi connectivity index (χ2n) is 7.15. The molecule has 34 heavy (non-hydrogen) atoms. The van der Waals surface area contributed by atoms with Crippen molar-refractivity contribution in [3.63, 3.8) is 0 Å². The van der Waals surface area contributed by atoms with E-state index in [0.29, 0.717) is 4.90 Å². The Morgan fingerprint density at radius 3 is 2.56 bits per heavy atom. The van der Waals surface area contributed by atoms with Crippen LogP contribution in [0.15, 0.2) is 36.4 Å². The number of hydrogen-bond acceptors (Lipinski definition) is 6. The zero-order valence-electron chi connectivity index (χ0n) is 18.0. The van der Waals surface area contributed by atoms with Gasteiger partial charge in [-0.3, -0.25) is 20.5 Å². The van der Waals surface area contributed by atoms with Gasteiger partial charge in [0, 0.05) is 10.6 Å². The number of halogens is 5. The Kier molecular flexibility index (Phi) is 7.77. The van der Waals surface area contributed by atoms with E-state index >= 15 is 4.39 Å². The number of fused-ring (bicyclic) bond motifs is 1. The number of amidine groups is 2. The molecule has 2 atom stereocenters. The molecule has 12 heteroatoms. The van der Waals surface area contributed by atoms with Gasteiger partial charge in [-0.2, -0.15) is 13.2 Å². The third-order valence-corrected chi connectivity index (χ3v) is 6.74. The Morgan fingerprint density at radius 2 is 1.94 bits per heavy atom. The monoisotopic (exact) mass is 517 g/mol. The van der Waals surface area contributed by atoms with E-state index in [1.807, 2.05) is 0 Å². The van der Waals surface area contributed by atoms with Crippen LogP contribution in [0.3, 0.4) is 0 Å². The summed E-state index contributed by atoms with van der Waals surface area (Å²) in [5.74, 6) is -4.04. The number of hydrogen-bond donors (Lipinski definition) is 2. The van der Waals surface area contributed by atoms with Crippen LogP contribution in [0.25, 0.3) is 0 Å². The number of ether oxygens (including phenoxy) is 2. The molecular formula is C22H20ClF4N3O3S. The Bertz CT molecular complexity index is 1130. The molecule has 6 nitrogen and oxygen atoms in total. The van der Waals surface area contributed by atoms with E-state index in [1.54, 1.807) is 6.92 Å². The van der Waals surface area contributed by atoms with Crippen molar-refractivity contribution in [2.45, 2.75) is 30.0 Å². The Hall–Kier alpha value is -2.79. The molecule has 1 aliphatic heterocycles. The number of nitrogens with one attached hydrogen (secondary N) is 2. The summed E-state index contributed by atoms with van der Waals surface area (Å²) in [7, 11) is 1.28. The third-order valence-electron chi connectivity index (χ3n) is 5.00. The summed E-state index contributed by atoms with van der Waals surface area (Å²) in [4.78, 5) is 12.7. The zero-order valence-corrected chi connectivity index (χ0v) is 19.6. The molecule has 0 amide bonds. The van der Waals surface area contributed by atoms with E-state index in [4.69, 9.17) is 31.9 Å². The molecule has 182 valence electrons. The van der Waals surface area contributed by atoms with Crippen molar-refractivity contribution in [1.29, 1.82) is 10.8 Å². The van der Waals surface area contributed by atoms with Crippen LogP contribution >= 0.6 is 23.4 Å². The second kappa shape index (κ2) is 10.2. The summed E-state index contributed by atoms with van der Waals surface area (Å²) >= 11 is 7.05. The first-order valence-corrected chi connectivity index (χ1v) is 11.3. The summed E-state index contributed by atoms with van der Waals surface area (Å²) in [5, 5.41) is 14.3. The van der Waals surface area contributed by atoms with Crippen molar-refractivity contribution in [3.8, 4) is 5.75 Å². The number of methoxy groups -OCH3 is 1. The number of carbonyl (C=O) groups is 1. The van der Waals surface area contributed by atoms with E-state index in [2.05, 4.69) is 0 Å². The molecule has 2 N–H and O–H groups in total. The maximum atomic E-state index is 15.3. The summed E-state index contributed by atoms with van der Waals surface area (Å²) in [6.45, 7) is 1.61. The van der Waals surface area contributed by atoms with Crippen molar-refractivity contribution in [2.75, 3.05) is 18.6 Å². The van der Waals surface area contributed by atoms with Gasteiger partial charge >= 0.3 is 12.1 Å². The highest BCUT2D eigenvalue weighted by Gasteiger charge is 2.46. The van der Waals surface area contributed by atoms with Crippen LogP contribution in [0, 0.1) is 16.6 Å². The van der Waals surface area contributed by atoms with Crippen LogP contribution in [-0.2, 0) is 9.53 Å². The van der Waals surface area contributed by atoms with Crippen molar-refractivity contribution in [2.24, 2.45) is 0 Å². The number of esters is 1. The fraction of sp³-hybridized carbons (Fsp3) is 0.318. The van der Waals surface area contributed by atoms with Gasteiger partial charge in [-0.15, -0.1) is 11.8 Å². The second-order valence-corrected chi connectivity index (χ2v) is 8.90. The standard InChI is InChI=1S/C22H20ClF4N3O3S/c1-3-33-17(31)10-16-20(28)30(21(29)22(25,26)27)14-8-7-11(23)9-13(14)19(34-16)12-5-4-6-15(32-2)18(12)24/h4-9,16,19,28-29H,3,10H2,1-2H3/t16?,19-/m1/s1. The molecule has 0 bridgehead atoms. The lowest BCUT2D eigenvalue weighted by atomic mass is 10.0. The van der Waals surface area contributed by atoms with Crippen molar-refractivity contribution >= 4 is 46.7 Å². The third kappa shape index (κ3) is 5.15. The topological polar surface area (TPSA) is 86.5 Å². The minimum Gasteiger partial charge on any atom is -0.494 e. The average Bonchev–Trinajstić information content (AvgIpc) is 2.87. The Labute approximate surface area is 202 Å². The van der Waals surface area contributed by atoms with Gasteiger partial charge in [0.15, 0.2) is 11.6 Å². The van der Waals surface area contributed by atoms with Crippen LogP contribution in [-0.4, -0.2) is 42.8 Å². The number of alkyl halides is 3. The molecule has 3 rings (SSSR count). The number of anilines is 1. The largest absolute Gasteiger partial charge is 0.494 e. The summed E-state index contributed by atoms with van der Waals surface area (Å²) in [6, 6.07) is 8.28. The van der Waals surface area contributed by atoms with Gasteiger partial charge in [-0.05, 0) is 36.8 Å². The predicted octanol–water partition coefficient (Wildman–Crippen LogP) is 5.97. The van der Waals surface area contributed by atoms with Gasteiger partial charge in [0.25, 0.3) is 0 Å². The molecule has 1 heterocycles. The minimum atomic E-state index is -5.09. The first-order valence-electron chi connectivity index (χ1n) is 9.96. The normalized spacial score (nSPS) is 18.2. The quantitative estimate of drug-likeness (QED) is 0.221. The first kappa shape index (κ1) is 25.8. The lowest BCUT2D eigenvalue weighted by Crippen LogP contribution is -2.47. The Morgan fingerprint density at radius 1 is 1.24 bits per heavy atom. The first-order chi connectivity index (χ1) is 16.0. The molecular weight excluding hydrogens is 498 g/mol. The van der Waals surface area contributed by atoms with E-state index in [-0.39, 0.29) is 34.2 Å². The highest BCUT2D eigenvalue weighted by molar-refractivity contribution is 8.01. The van der Waals surface area contributed by atoms with E-state index in [1.165, 1.54) is 43.5 Å². The maximum absolute atomic E-state index is 15.3. The fourth-order valence-corrected chi connectivity index (χ4v) is 5.17. The van der Waals surface area contributed by atoms with E-state index < -0.39 is 46.6 Å². The molecule has 0 fully saturated rings. The van der Waals surface area contributed by atoms with Crippen molar-refractivity contribution < 1.29 is 31.8 Å². The summed E-state index contributed by atoms with van der Waals surface area (Å²) < 4.78 is 66.2. The van der Waals surface area contributed by atoms with Gasteiger partial charge in [-0.25, -0.2) is 4.39 Å². The van der Waals surface area contributed by atoms with Gasteiger partial charge in [-0.1, -0.05) is 23.7 Å². The van der Waals surface area contributed by atoms with E-state index in [0.717, 1.165) is 11.8 Å². The molecule has 0 aliphatic carbocycles. The lowest BCUT2D eigenvalue weighted by Gasteiger charge is -2.28. The molecule has 0 radical (unpaired) electrons. The van der Waals surface area contributed by atoms with Gasteiger partial charge in [0.05, 0.1) is 36.3 Å². The number of rotatable bonds is 5. The molecule has 2 aromatic rings. The SMILES string of the molecule is CCOC(=O)CC1S[C@H](c2cccc(OC)c2F)c2cc(Cl)ccc2N(C(=N)C(F)(F)F)C1=N. The number of nitrogens with zero attached hydrogens (tertiary/aromatic N) is 1. The van der Waals surface area contributed by atoms with Crippen LogP contribution in [0.1, 0.15) is 29.7 Å². The minimum absolute atomic E-state index is 0.0371. The molecule has 1 unspecified atom stereocenters. The fourth-order valence-electron chi connectivity index (χ4n) is 3.53. The van der Waals surface area contributed by atoms with Crippen molar-refractivity contribution in [1.82, 2.24) is 0 Å². The van der Waals surface area contributed by atoms with E-state index in [9.17, 15) is 18.0 Å².